The van der Waals surface area contributed by atoms with Gasteiger partial charge in [0, 0.05) is 0 Å². The predicted molar refractivity (Wildman–Crippen MR) is 56.6 cm³/mol. The molecule has 0 spiro atoms. The van der Waals surface area contributed by atoms with Crippen LogP contribution in [-0.2, 0) is 9.59 Å². The van der Waals surface area contributed by atoms with Crippen LogP contribution in [0.3, 0.4) is 0 Å². The highest BCUT2D eigenvalue weighted by Gasteiger charge is 2.60. The van der Waals surface area contributed by atoms with Gasteiger partial charge >= 0.3 is 11.9 Å². The van der Waals surface area contributed by atoms with Gasteiger partial charge in [-0.1, -0.05) is 0 Å². The Morgan fingerprint density at radius 3 is 2.00 bits per heavy atom. The van der Waals surface area contributed by atoms with Crippen molar-refractivity contribution < 1.29 is 19.8 Å². The Labute approximate surface area is 90.4 Å². The number of hydrogen-bond acceptors (Lipinski definition) is 4. The number of thioether (sulfide) groups is 2. The van der Waals surface area contributed by atoms with Crippen molar-refractivity contribution in [3.63, 3.8) is 0 Å². The number of carboxylic acid groups (broad SMARTS) is 2. The fourth-order valence-corrected chi connectivity index (χ4v) is 4.19. The van der Waals surface area contributed by atoms with E-state index >= 15 is 0 Å². The summed E-state index contributed by atoms with van der Waals surface area (Å²) in [4.78, 5) is 21.7. The molecular formula is C8H12O4S2. The molecule has 80 valence electrons. The van der Waals surface area contributed by atoms with Crippen LogP contribution in [0.4, 0.5) is 0 Å². The minimum atomic E-state index is -1.01. The summed E-state index contributed by atoms with van der Waals surface area (Å²) >= 11 is 2.87. The average molecular weight is 236 g/mol. The molecule has 4 nitrogen and oxygen atoms in total. The van der Waals surface area contributed by atoms with Gasteiger partial charge < -0.3 is 10.2 Å². The molecule has 2 N–H and O–H groups in total. The first kappa shape index (κ1) is 11.7. The molecule has 0 radical (unpaired) electrons. The number of rotatable bonds is 4. The van der Waals surface area contributed by atoms with E-state index in [0.717, 1.165) is 0 Å². The van der Waals surface area contributed by atoms with E-state index in [1.54, 1.807) is 0 Å². The van der Waals surface area contributed by atoms with Gasteiger partial charge in [-0.05, 0) is 18.9 Å². The van der Waals surface area contributed by atoms with Crippen molar-refractivity contribution in [2.24, 2.45) is 11.8 Å². The van der Waals surface area contributed by atoms with Crippen LogP contribution in [0.1, 0.15) is 6.42 Å². The molecule has 1 aliphatic carbocycles. The van der Waals surface area contributed by atoms with Crippen molar-refractivity contribution in [2.45, 2.75) is 10.5 Å². The van der Waals surface area contributed by atoms with E-state index in [0.29, 0.717) is 6.42 Å². The van der Waals surface area contributed by atoms with E-state index in [1.165, 1.54) is 23.5 Å². The highest BCUT2D eigenvalue weighted by Crippen LogP contribution is 2.58. The van der Waals surface area contributed by atoms with E-state index < -0.39 is 27.9 Å². The molecule has 2 atom stereocenters. The second-order valence-electron chi connectivity index (χ2n) is 3.18. The predicted octanol–water partition coefficient (Wildman–Crippen LogP) is 1.21. The van der Waals surface area contributed by atoms with Gasteiger partial charge in [-0.25, -0.2) is 0 Å². The van der Waals surface area contributed by atoms with Crippen LogP contribution < -0.4 is 0 Å². The van der Waals surface area contributed by atoms with Gasteiger partial charge in [0.1, 0.15) is 0 Å². The zero-order valence-electron chi connectivity index (χ0n) is 7.89. The maximum absolute atomic E-state index is 10.9. The topological polar surface area (TPSA) is 74.6 Å². The van der Waals surface area contributed by atoms with Crippen molar-refractivity contribution in [2.75, 3.05) is 12.5 Å². The minimum Gasteiger partial charge on any atom is -0.481 e. The zero-order valence-corrected chi connectivity index (χ0v) is 9.52. The zero-order chi connectivity index (χ0) is 10.9. The standard InChI is InChI=1S/C8H12O4S2/c1-13-8(14-2)3-4(6(9)10)5(8)7(11)12/h4-5H,3H2,1-2H3,(H,9,10)(H,11,12)/t4-,5-/m0/s1. The lowest BCUT2D eigenvalue weighted by Crippen LogP contribution is -2.55. The van der Waals surface area contributed by atoms with Crippen molar-refractivity contribution in [1.29, 1.82) is 0 Å². The monoisotopic (exact) mass is 236 g/mol. The lowest BCUT2D eigenvalue weighted by Gasteiger charge is -2.49. The fourth-order valence-electron chi connectivity index (χ4n) is 1.79. The molecule has 1 rings (SSSR count). The molecule has 1 saturated carbocycles. The molecule has 1 fully saturated rings. The van der Waals surface area contributed by atoms with Gasteiger partial charge in [-0.2, -0.15) is 0 Å². The largest absolute Gasteiger partial charge is 0.481 e. The molecule has 14 heavy (non-hydrogen) atoms. The van der Waals surface area contributed by atoms with Crippen molar-refractivity contribution in [3.8, 4) is 0 Å². The molecule has 0 aromatic rings. The summed E-state index contributed by atoms with van der Waals surface area (Å²) in [5.74, 6) is -3.51. The Hall–Kier alpha value is -0.360. The molecule has 1 aliphatic rings. The molecule has 0 unspecified atom stereocenters. The second kappa shape index (κ2) is 4.02. The molecule has 0 bridgehead atoms. The Morgan fingerprint density at radius 1 is 1.21 bits per heavy atom. The number of carbonyl (C=O) groups is 2. The lowest BCUT2D eigenvalue weighted by atomic mass is 9.72. The maximum atomic E-state index is 10.9. The fraction of sp³-hybridized carbons (Fsp3) is 0.750. The molecule has 0 aliphatic heterocycles. The first-order valence-corrected chi connectivity index (χ1v) is 6.49. The van der Waals surface area contributed by atoms with Gasteiger partial charge in [0.25, 0.3) is 0 Å². The molecule has 0 heterocycles. The highest BCUT2D eigenvalue weighted by atomic mass is 32.2. The van der Waals surface area contributed by atoms with Crippen LogP contribution in [-0.4, -0.2) is 38.7 Å². The van der Waals surface area contributed by atoms with Gasteiger partial charge in [0.2, 0.25) is 0 Å². The number of aliphatic carboxylic acids is 2. The quantitative estimate of drug-likeness (QED) is 0.715. The van der Waals surface area contributed by atoms with Gasteiger partial charge in [-0.3, -0.25) is 9.59 Å². The van der Waals surface area contributed by atoms with Gasteiger partial charge in [0.15, 0.2) is 0 Å². The van der Waals surface area contributed by atoms with E-state index in [-0.39, 0.29) is 0 Å². The summed E-state index contributed by atoms with van der Waals surface area (Å²) in [6, 6.07) is 0. The summed E-state index contributed by atoms with van der Waals surface area (Å²) in [7, 11) is 0. The minimum absolute atomic E-state index is 0.432. The van der Waals surface area contributed by atoms with Crippen molar-refractivity contribution in [1.82, 2.24) is 0 Å². The van der Waals surface area contributed by atoms with Crippen LogP contribution in [0.5, 0.6) is 0 Å². The van der Waals surface area contributed by atoms with Crippen LogP contribution >= 0.6 is 23.5 Å². The van der Waals surface area contributed by atoms with Gasteiger partial charge in [0.05, 0.1) is 15.9 Å². The highest BCUT2D eigenvalue weighted by molar-refractivity contribution is 8.17. The lowest BCUT2D eigenvalue weighted by molar-refractivity contribution is -0.160. The summed E-state index contributed by atoms with van der Waals surface area (Å²) in [6.45, 7) is 0. The normalized spacial score (nSPS) is 29.3. The van der Waals surface area contributed by atoms with Crippen LogP contribution in [0.25, 0.3) is 0 Å². The summed E-state index contributed by atoms with van der Waals surface area (Å²) in [5.41, 5.74) is 0. The molecule has 0 saturated heterocycles. The third-order valence-electron chi connectivity index (χ3n) is 2.65. The SMILES string of the molecule is CSC1(SC)C[C@H](C(=O)O)[C@H]1C(=O)O. The number of carboxylic acids is 2. The summed E-state index contributed by atoms with van der Waals surface area (Å²) in [5, 5.41) is 17.8. The first-order valence-electron chi connectivity index (χ1n) is 4.04. The van der Waals surface area contributed by atoms with E-state index in [1.807, 2.05) is 12.5 Å². The summed E-state index contributed by atoms with van der Waals surface area (Å²) in [6.07, 6.45) is 4.08. The van der Waals surface area contributed by atoms with Gasteiger partial charge in [-0.15, -0.1) is 23.5 Å². The first-order chi connectivity index (χ1) is 6.48. The Bertz CT molecular complexity index is 262. The molecule has 0 amide bonds. The van der Waals surface area contributed by atoms with E-state index in [2.05, 4.69) is 0 Å². The second-order valence-corrected chi connectivity index (χ2v) is 5.72. The molecule has 0 aromatic carbocycles. The Morgan fingerprint density at radius 2 is 1.71 bits per heavy atom. The van der Waals surface area contributed by atoms with Crippen molar-refractivity contribution in [3.05, 3.63) is 0 Å². The molecule has 6 heteroatoms. The maximum Gasteiger partial charge on any atom is 0.309 e. The third-order valence-corrected chi connectivity index (χ3v) is 5.88. The van der Waals surface area contributed by atoms with Crippen LogP contribution in [0.15, 0.2) is 0 Å². The van der Waals surface area contributed by atoms with E-state index in [4.69, 9.17) is 10.2 Å². The Balaban J connectivity index is 2.86. The Kier molecular flexibility index (Phi) is 3.36. The van der Waals surface area contributed by atoms with Crippen LogP contribution in [0.2, 0.25) is 0 Å². The van der Waals surface area contributed by atoms with Crippen molar-refractivity contribution >= 4 is 35.5 Å². The van der Waals surface area contributed by atoms with Crippen LogP contribution in [0, 0.1) is 11.8 Å². The summed E-state index contributed by atoms with van der Waals surface area (Å²) < 4.78 is -0.450. The number of hydrogen-bond donors (Lipinski definition) is 2. The average Bonchev–Trinajstić information content (AvgIpc) is 2.03. The third kappa shape index (κ3) is 1.61. The molecule has 0 aromatic heterocycles. The smallest absolute Gasteiger partial charge is 0.309 e. The van der Waals surface area contributed by atoms with E-state index in [9.17, 15) is 9.59 Å². The molecular weight excluding hydrogens is 224 g/mol.